The summed E-state index contributed by atoms with van der Waals surface area (Å²) in [6, 6.07) is 0. The van der Waals surface area contributed by atoms with Gasteiger partial charge in [-0.3, -0.25) is 0 Å². The number of sulfone groups is 1. The average Bonchev–Trinajstić information content (AvgIpc) is 1.96. The van der Waals surface area contributed by atoms with Gasteiger partial charge in [-0.05, 0) is 26.8 Å². The summed E-state index contributed by atoms with van der Waals surface area (Å²) in [5.74, 6) is 0. The van der Waals surface area contributed by atoms with Gasteiger partial charge >= 0.3 is 0 Å². The molecule has 0 unspecified atom stereocenters. The first kappa shape index (κ1) is 12.9. The van der Waals surface area contributed by atoms with Gasteiger partial charge in [0.1, 0.15) is 0 Å². The summed E-state index contributed by atoms with van der Waals surface area (Å²) in [7, 11) is -3.01. The summed E-state index contributed by atoms with van der Waals surface area (Å²) in [5, 5.41) is 11.5. The molecule has 0 heterocycles. The van der Waals surface area contributed by atoms with Gasteiger partial charge in [-0.1, -0.05) is 0 Å². The van der Waals surface area contributed by atoms with Gasteiger partial charge in [0.25, 0.3) is 0 Å². The normalized spacial score (nSPS) is 13.2. The van der Waals surface area contributed by atoms with Crippen molar-refractivity contribution >= 4 is 9.84 Å². The van der Waals surface area contributed by atoms with Crippen molar-refractivity contribution < 1.29 is 13.5 Å². The molecule has 4 nitrogen and oxygen atoms in total. The van der Waals surface area contributed by atoms with Gasteiger partial charge in [0.05, 0.1) is 4.75 Å². The highest BCUT2D eigenvalue weighted by atomic mass is 32.2. The molecule has 0 saturated carbocycles. The molecule has 0 atom stereocenters. The van der Waals surface area contributed by atoms with E-state index in [0.29, 0.717) is 19.5 Å². The topological polar surface area (TPSA) is 66.4 Å². The highest BCUT2D eigenvalue weighted by Crippen LogP contribution is 2.12. The van der Waals surface area contributed by atoms with Crippen LogP contribution in [0.2, 0.25) is 0 Å². The predicted octanol–water partition coefficient (Wildman–Crippen LogP) is -0.218. The molecule has 0 radical (unpaired) electrons. The lowest BCUT2D eigenvalue weighted by Gasteiger charge is -2.22. The lowest BCUT2D eigenvalue weighted by Crippen LogP contribution is -2.42. The fraction of sp³-hybridized carbons (Fsp3) is 1.00. The summed E-state index contributed by atoms with van der Waals surface area (Å²) >= 11 is 0. The Morgan fingerprint density at radius 2 is 1.92 bits per heavy atom. The van der Waals surface area contributed by atoms with Gasteiger partial charge in [-0.25, -0.2) is 8.42 Å². The second-order valence-corrected chi connectivity index (χ2v) is 6.44. The van der Waals surface area contributed by atoms with Crippen molar-refractivity contribution in [3.05, 3.63) is 0 Å². The SMILES string of the molecule is CC(C)(CNCCCO)S(C)(=O)=O. The Morgan fingerprint density at radius 3 is 2.31 bits per heavy atom. The first-order valence-corrected chi connectivity index (χ1v) is 6.21. The third-order valence-corrected chi connectivity index (χ3v) is 4.22. The zero-order valence-electron chi connectivity index (χ0n) is 8.50. The van der Waals surface area contributed by atoms with E-state index in [-0.39, 0.29) is 6.61 Å². The molecule has 2 N–H and O–H groups in total. The van der Waals surface area contributed by atoms with E-state index in [0.717, 1.165) is 0 Å². The van der Waals surface area contributed by atoms with E-state index in [1.54, 1.807) is 13.8 Å². The predicted molar refractivity (Wildman–Crippen MR) is 53.5 cm³/mol. The van der Waals surface area contributed by atoms with Crippen LogP contribution in [0.5, 0.6) is 0 Å². The van der Waals surface area contributed by atoms with Gasteiger partial charge in [0.15, 0.2) is 9.84 Å². The van der Waals surface area contributed by atoms with Crippen LogP contribution in [0.25, 0.3) is 0 Å². The minimum atomic E-state index is -3.01. The molecule has 0 amide bonds. The Morgan fingerprint density at radius 1 is 1.38 bits per heavy atom. The van der Waals surface area contributed by atoms with Crippen molar-refractivity contribution in [3.63, 3.8) is 0 Å². The Labute approximate surface area is 80.3 Å². The van der Waals surface area contributed by atoms with Crippen LogP contribution in [-0.4, -0.2) is 44.2 Å². The van der Waals surface area contributed by atoms with Crippen molar-refractivity contribution in [2.45, 2.75) is 25.0 Å². The largest absolute Gasteiger partial charge is 0.396 e. The lowest BCUT2D eigenvalue weighted by atomic mass is 10.2. The molecule has 80 valence electrons. The molecule has 0 aliphatic carbocycles. The third kappa shape index (κ3) is 4.59. The van der Waals surface area contributed by atoms with Gasteiger partial charge < -0.3 is 10.4 Å². The Balaban J connectivity index is 3.91. The number of aliphatic hydroxyl groups is 1. The van der Waals surface area contributed by atoms with E-state index in [2.05, 4.69) is 5.32 Å². The molecule has 5 heteroatoms. The highest BCUT2D eigenvalue weighted by molar-refractivity contribution is 7.92. The first-order chi connectivity index (χ1) is 5.81. The number of rotatable bonds is 6. The molecular formula is C8H19NO3S. The highest BCUT2D eigenvalue weighted by Gasteiger charge is 2.29. The minimum Gasteiger partial charge on any atom is -0.396 e. The molecule has 0 bridgehead atoms. The van der Waals surface area contributed by atoms with Crippen LogP contribution in [0, 0.1) is 0 Å². The zero-order chi connectivity index (χ0) is 10.5. The maximum Gasteiger partial charge on any atom is 0.153 e. The van der Waals surface area contributed by atoms with E-state index < -0.39 is 14.6 Å². The molecule has 0 aromatic carbocycles. The summed E-state index contributed by atoms with van der Waals surface area (Å²) < 4.78 is 21.7. The maximum atomic E-state index is 11.2. The van der Waals surface area contributed by atoms with Crippen molar-refractivity contribution in [2.75, 3.05) is 26.0 Å². The molecule has 0 aromatic heterocycles. The molecule has 0 fully saturated rings. The van der Waals surface area contributed by atoms with E-state index in [1.165, 1.54) is 6.26 Å². The number of nitrogens with one attached hydrogen (secondary N) is 1. The monoisotopic (exact) mass is 209 g/mol. The fourth-order valence-corrected chi connectivity index (χ4v) is 1.09. The Bertz CT molecular complexity index is 234. The van der Waals surface area contributed by atoms with Gasteiger partial charge in [0.2, 0.25) is 0 Å². The molecular weight excluding hydrogens is 190 g/mol. The van der Waals surface area contributed by atoms with Gasteiger partial charge in [-0.2, -0.15) is 0 Å². The number of aliphatic hydroxyl groups excluding tert-OH is 1. The first-order valence-electron chi connectivity index (χ1n) is 4.32. The lowest BCUT2D eigenvalue weighted by molar-refractivity contribution is 0.285. The van der Waals surface area contributed by atoms with Crippen molar-refractivity contribution in [3.8, 4) is 0 Å². The van der Waals surface area contributed by atoms with E-state index in [4.69, 9.17) is 5.11 Å². The molecule has 0 rings (SSSR count). The summed E-state index contributed by atoms with van der Waals surface area (Å²) in [4.78, 5) is 0. The summed E-state index contributed by atoms with van der Waals surface area (Å²) in [5.41, 5.74) is 0. The maximum absolute atomic E-state index is 11.2. The molecule has 0 spiro atoms. The number of hydrogen-bond acceptors (Lipinski definition) is 4. The van der Waals surface area contributed by atoms with Crippen LogP contribution in [0.1, 0.15) is 20.3 Å². The average molecular weight is 209 g/mol. The smallest absolute Gasteiger partial charge is 0.153 e. The van der Waals surface area contributed by atoms with Crippen LogP contribution in [0.3, 0.4) is 0 Å². The quantitative estimate of drug-likeness (QED) is 0.594. The second-order valence-electron chi connectivity index (χ2n) is 3.79. The van der Waals surface area contributed by atoms with Crippen LogP contribution >= 0.6 is 0 Å². The van der Waals surface area contributed by atoms with Gasteiger partial charge in [-0.15, -0.1) is 0 Å². The van der Waals surface area contributed by atoms with Gasteiger partial charge in [0, 0.05) is 19.4 Å². The number of hydrogen-bond donors (Lipinski definition) is 2. The summed E-state index contributed by atoms with van der Waals surface area (Å²) in [6.45, 7) is 4.58. The molecule has 0 aliphatic heterocycles. The fourth-order valence-electron chi connectivity index (χ4n) is 0.725. The van der Waals surface area contributed by atoms with Crippen LogP contribution in [-0.2, 0) is 9.84 Å². The molecule has 13 heavy (non-hydrogen) atoms. The van der Waals surface area contributed by atoms with Crippen LogP contribution in [0.4, 0.5) is 0 Å². The van der Waals surface area contributed by atoms with E-state index >= 15 is 0 Å². The van der Waals surface area contributed by atoms with Crippen molar-refractivity contribution in [2.24, 2.45) is 0 Å². The Kier molecular flexibility index (Phi) is 4.88. The standard InChI is InChI=1S/C8H19NO3S/c1-8(2,13(3,11)12)7-9-5-4-6-10/h9-10H,4-7H2,1-3H3. The summed E-state index contributed by atoms with van der Waals surface area (Å²) in [6.07, 6.45) is 1.89. The van der Waals surface area contributed by atoms with E-state index in [9.17, 15) is 8.42 Å². The Hall–Kier alpha value is -0.130. The molecule has 0 aliphatic rings. The zero-order valence-corrected chi connectivity index (χ0v) is 9.32. The van der Waals surface area contributed by atoms with Crippen molar-refractivity contribution in [1.82, 2.24) is 5.32 Å². The molecule has 0 saturated heterocycles. The minimum absolute atomic E-state index is 0.131. The van der Waals surface area contributed by atoms with E-state index in [1.807, 2.05) is 0 Å². The van der Waals surface area contributed by atoms with Crippen molar-refractivity contribution in [1.29, 1.82) is 0 Å². The third-order valence-electron chi connectivity index (χ3n) is 2.07. The second kappa shape index (κ2) is 4.93. The van der Waals surface area contributed by atoms with Crippen LogP contribution < -0.4 is 5.32 Å². The molecule has 0 aromatic rings. The van der Waals surface area contributed by atoms with Crippen LogP contribution in [0.15, 0.2) is 0 Å².